The number of aliphatic hydroxyl groups is 1. The first kappa shape index (κ1) is 10.5. The third-order valence-electron chi connectivity index (χ3n) is 2.71. The zero-order valence-corrected chi connectivity index (χ0v) is 8.08. The summed E-state index contributed by atoms with van der Waals surface area (Å²) in [6.45, 7) is 0. The van der Waals surface area contributed by atoms with Gasteiger partial charge >= 0.3 is 5.97 Å². The van der Waals surface area contributed by atoms with Crippen LogP contribution in [0.4, 0.5) is 0 Å². The lowest BCUT2D eigenvalue weighted by molar-refractivity contribution is -0.172. The second-order valence-electron chi connectivity index (χ2n) is 3.42. The van der Waals surface area contributed by atoms with Gasteiger partial charge in [0.15, 0.2) is 5.60 Å². The molecule has 0 radical (unpaired) electrons. The summed E-state index contributed by atoms with van der Waals surface area (Å²) in [4.78, 5) is 11.4. The molecule has 0 aromatic carbocycles. The number of carbonyl (C=O) groups is 1. The van der Waals surface area contributed by atoms with Gasteiger partial charge in [0.05, 0.1) is 13.2 Å². The second kappa shape index (κ2) is 4.07. The van der Waals surface area contributed by atoms with Crippen molar-refractivity contribution in [3.63, 3.8) is 0 Å². The van der Waals surface area contributed by atoms with Crippen molar-refractivity contribution in [3.05, 3.63) is 0 Å². The first-order valence-corrected chi connectivity index (χ1v) is 4.46. The summed E-state index contributed by atoms with van der Waals surface area (Å²) in [7, 11) is 2.86. The molecule has 76 valence electrons. The number of ether oxygens (including phenoxy) is 2. The molecule has 0 aliphatic heterocycles. The van der Waals surface area contributed by atoms with Gasteiger partial charge in [0.2, 0.25) is 0 Å². The summed E-state index contributed by atoms with van der Waals surface area (Å²) in [5.74, 6) is -0.332. The molecule has 1 fully saturated rings. The minimum absolute atomic E-state index is 0.298. The Balaban J connectivity index is 2.65. The standard InChI is InChI=1S/C9H16O4/c1-12-8(11)9(13-2)5-3-7(10)4-6-9/h7,10H,3-6H2,1-2H3. The van der Waals surface area contributed by atoms with Crippen LogP contribution in [0.1, 0.15) is 25.7 Å². The van der Waals surface area contributed by atoms with E-state index in [4.69, 9.17) is 4.74 Å². The third-order valence-corrected chi connectivity index (χ3v) is 2.71. The van der Waals surface area contributed by atoms with Crippen molar-refractivity contribution in [2.24, 2.45) is 0 Å². The van der Waals surface area contributed by atoms with E-state index in [1.165, 1.54) is 14.2 Å². The molecule has 0 amide bonds. The number of rotatable bonds is 2. The molecular formula is C9H16O4. The van der Waals surface area contributed by atoms with Crippen LogP contribution in [0, 0.1) is 0 Å². The fourth-order valence-corrected chi connectivity index (χ4v) is 1.75. The summed E-state index contributed by atoms with van der Waals surface area (Å²) >= 11 is 0. The van der Waals surface area contributed by atoms with Crippen LogP contribution in [0.2, 0.25) is 0 Å². The number of hydrogen-bond acceptors (Lipinski definition) is 4. The summed E-state index contributed by atoms with van der Waals surface area (Å²) in [5.41, 5.74) is -0.812. The zero-order valence-electron chi connectivity index (χ0n) is 8.08. The summed E-state index contributed by atoms with van der Waals surface area (Å²) in [5, 5.41) is 9.28. The van der Waals surface area contributed by atoms with Crippen molar-refractivity contribution in [2.75, 3.05) is 14.2 Å². The molecule has 1 rings (SSSR count). The smallest absolute Gasteiger partial charge is 0.338 e. The summed E-state index contributed by atoms with van der Waals surface area (Å²) in [6, 6.07) is 0. The molecule has 4 nitrogen and oxygen atoms in total. The molecule has 1 aliphatic rings. The van der Waals surface area contributed by atoms with E-state index in [1.54, 1.807) is 0 Å². The van der Waals surface area contributed by atoms with Gasteiger partial charge in [-0.05, 0) is 25.7 Å². The van der Waals surface area contributed by atoms with E-state index < -0.39 is 5.60 Å². The summed E-state index contributed by atoms with van der Waals surface area (Å²) in [6.07, 6.45) is 1.98. The Hall–Kier alpha value is -0.610. The first-order valence-electron chi connectivity index (χ1n) is 4.46. The lowest BCUT2D eigenvalue weighted by atomic mass is 9.83. The molecule has 0 spiro atoms. The van der Waals surface area contributed by atoms with Gasteiger partial charge in [0.1, 0.15) is 0 Å². The SMILES string of the molecule is COC(=O)C1(OC)CCC(O)CC1. The zero-order chi connectivity index (χ0) is 9.90. The van der Waals surface area contributed by atoms with Gasteiger partial charge in [-0.2, -0.15) is 0 Å². The highest BCUT2D eigenvalue weighted by atomic mass is 16.6. The average molecular weight is 188 g/mol. The van der Waals surface area contributed by atoms with Crippen molar-refractivity contribution >= 4 is 5.97 Å². The normalized spacial score (nSPS) is 34.2. The maximum absolute atomic E-state index is 11.4. The van der Waals surface area contributed by atoms with E-state index in [9.17, 15) is 9.90 Å². The van der Waals surface area contributed by atoms with Gasteiger partial charge in [-0.1, -0.05) is 0 Å². The number of esters is 1. The minimum Gasteiger partial charge on any atom is -0.467 e. The molecular weight excluding hydrogens is 172 g/mol. The van der Waals surface area contributed by atoms with Crippen molar-refractivity contribution in [2.45, 2.75) is 37.4 Å². The Labute approximate surface area is 77.8 Å². The van der Waals surface area contributed by atoms with Crippen LogP contribution in [-0.2, 0) is 14.3 Å². The first-order chi connectivity index (χ1) is 6.14. The topological polar surface area (TPSA) is 55.8 Å². The Morgan fingerprint density at radius 1 is 1.38 bits per heavy atom. The molecule has 4 heteroatoms. The predicted octanol–water partition coefficient (Wildman–Crippen LogP) is 0.479. The van der Waals surface area contributed by atoms with E-state index in [-0.39, 0.29) is 12.1 Å². The molecule has 1 aliphatic carbocycles. The Bertz CT molecular complexity index is 182. The molecule has 1 saturated carbocycles. The monoisotopic (exact) mass is 188 g/mol. The van der Waals surface area contributed by atoms with Crippen LogP contribution in [0.5, 0.6) is 0 Å². The lowest BCUT2D eigenvalue weighted by Crippen LogP contribution is -2.45. The molecule has 0 saturated heterocycles. The number of methoxy groups -OCH3 is 2. The van der Waals surface area contributed by atoms with Crippen molar-refractivity contribution < 1.29 is 19.4 Å². The maximum atomic E-state index is 11.4. The molecule has 1 N–H and O–H groups in total. The predicted molar refractivity (Wildman–Crippen MR) is 46.2 cm³/mol. The lowest BCUT2D eigenvalue weighted by Gasteiger charge is -2.34. The van der Waals surface area contributed by atoms with Gasteiger partial charge < -0.3 is 14.6 Å². The second-order valence-corrected chi connectivity index (χ2v) is 3.42. The quantitative estimate of drug-likeness (QED) is 0.640. The van der Waals surface area contributed by atoms with Crippen molar-refractivity contribution in [1.29, 1.82) is 0 Å². The maximum Gasteiger partial charge on any atom is 0.338 e. The fourth-order valence-electron chi connectivity index (χ4n) is 1.75. The fraction of sp³-hybridized carbons (Fsp3) is 0.889. The van der Waals surface area contributed by atoms with Crippen LogP contribution in [0.25, 0.3) is 0 Å². The molecule has 0 atom stereocenters. The van der Waals surface area contributed by atoms with E-state index in [0.29, 0.717) is 25.7 Å². The molecule has 0 aromatic rings. The Morgan fingerprint density at radius 2 is 1.92 bits per heavy atom. The van der Waals surface area contributed by atoms with Crippen LogP contribution in [0.15, 0.2) is 0 Å². The van der Waals surface area contributed by atoms with Gasteiger partial charge in [0, 0.05) is 7.11 Å². The van der Waals surface area contributed by atoms with Crippen molar-refractivity contribution in [1.82, 2.24) is 0 Å². The number of aliphatic hydroxyl groups excluding tert-OH is 1. The molecule has 13 heavy (non-hydrogen) atoms. The van der Waals surface area contributed by atoms with Gasteiger partial charge in [0.25, 0.3) is 0 Å². The molecule has 0 aromatic heterocycles. The van der Waals surface area contributed by atoms with E-state index >= 15 is 0 Å². The van der Waals surface area contributed by atoms with Gasteiger partial charge in [-0.15, -0.1) is 0 Å². The minimum atomic E-state index is -0.812. The van der Waals surface area contributed by atoms with Crippen molar-refractivity contribution in [3.8, 4) is 0 Å². The third kappa shape index (κ3) is 2.00. The number of carbonyl (C=O) groups excluding carboxylic acids is 1. The van der Waals surface area contributed by atoms with Crippen LogP contribution < -0.4 is 0 Å². The van der Waals surface area contributed by atoms with Crippen LogP contribution in [-0.4, -0.2) is 37.0 Å². The number of hydrogen-bond donors (Lipinski definition) is 1. The summed E-state index contributed by atoms with van der Waals surface area (Å²) < 4.78 is 9.87. The van der Waals surface area contributed by atoms with E-state index in [1.807, 2.05) is 0 Å². The highest BCUT2D eigenvalue weighted by Crippen LogP contribution is 2.32. The van der Waals surface area contributed by atoms with Crippen LogP contribution >= 0.6 is 0 Å². The van der Waals surface area contributed by atoms with Gasteiger partial charge in [-0.3, -0.25) is 0 Å². The molecule has 0 heterocycles. The highest BCUT2D eigenvalue weighted by molar-refractivity contribution is 5.79. The van der Waals surface area contributed by atoms with E-state index in [0.717, 1.165) is 0 Å². The molecule has 0 bridgehead atoms. The molecule has 0 unspecified atom stereocenters. The Morgan fingerprint density at radius 3 is 2.31 bits per heavy atom. The van der Waals surface area contributed by atoms with Crippen LogP contribution in [0.3, 0.4) is 0 Å². The average Bonchev–Trinajstić information content (AvgIpc) is 2.18. The van der Waals surface area contributed by atoms with Gasteiger partial charge in [-0.25, -0.2) is 4.79 Å². The van der Waals surface area contributed by atoms with E-state index in [2.05, 4.69) is 4.74 Å². The Kier molecular flexibility index (Phi) is 3.27. The largest absolute Gasteiger partial charge is 0.467 e. The highest BCUT2D eigenvalue weighted by Gasteiger charge is 2.42.